The van der Waals surface area contributed by atoms with Crippen LogP contribution in [0.5, 0.6) is 0 Å². The monoisotopic (exact) mass is 344 g/mol. The summed E-state index contributed by atoms with van der Waals surface area (Å²) in [6, 6.07) is 12.9. The lowest BCUT2D eigenvalue weighted by molar-refractivity contribution is 0.0988. The van der Waals surface area contributed by atoms with Gasteiger partial charge in [0.15, 0.2) is 0 Å². The number of hydrogen-bond acceptors (Lipinski definition) is 4. The van der Waals surface area contributed by atoms with Gasteiger partial charge in [0.05, 0.1) is 18.1 Å². The van der Waals surface area contributed by atoms with Crippen LogP contribution in [0.3, 0.4) is 0 Å². The average Bonchev–Trinajstić information content (AvgIpc) is 2.51. The zero-order valence-corrected chi connectivity index (χ0v) is 12.7. The van der Waals surface area contributed by atoms with Crippen LogP contribution in [0.25, 0.3) is 0 Å². The number of carbonyl (C=O) groups is 1. The summed E-state index contributed by atoms with van der Waals surface area (Å²) in [4.78, 5) is 18.2. The van der Waals surface area contributed by atoms with Crippen molar-refractivity contribution in [2.24, 2.45) is 0 Å². The molecule has 0 atom stereocenters. The van der Waals surface area contributed by atoms with Crippen LogP contribution < -0.4 is 10.6 Å². The topological polar surface area (TPSA) is 83.0 Å². The highest BCUT2D eigenvalue weighted by Crippen LogP contribution is 2.21. The van der Waals surface area contributed by atoms with E-state index in [9.17, 15) is 4.79 Å². The van der Waals surface area contributed by atoms with Crippen LogP contribution in [-0.4, -0.2) is 17.4 Å². The number of hydrogen-bond donors (Lipinski definition) is 1. The Labute approximate surface area is 131 Å². The second kappa shape index (κ2) is 6.86. The number of rotatable bonds is 4. The van der Waals surface area contributed by atoms with E-state index in [1.165, 1.54) is 11.1 Å². The molecular formula is C15H13BrN4O. The minimum Gasteiger partial charge on any atom is -0.383 e. The molecule has 6 heteroatoms. The van der Waals surface area contributed by atoms with E-state index in [0.29, 0.717) is 16.6 Å². The van der Waals surface area contributed by atoms with Crippen molar-refractivity contribution < 1.29 is 4.79 Å². The number of carbonyl (C=O) groups excluding carboxylic acids is 1. The summed E-state index contributed by atoms with van der Waals surface area (Å²) < 4.78 is 0.674. The van der Waals surface area contributed by atoms with Crippen molar-refractivity contribution in [1.29, 1.82) is 5.26 Å². The quantitative estimate of drug-likeness (QED) is 0.923. The Balaban J connectivity index is 2.39. The number of nitriles is 1. The highest BCUT2D eigenvalue weighted by molar-refractivity contribution is 9.10. The summed E-state index contributed by atoms with van der Waals surface area (Å²) in [6.45, 7) is 0.297. The fourth-order valence-electron chi connectivity index (χ4n) is 1.88. The minimum absolute atomic E-state index is 0.168. The molecule has 1 amide bonds. The van der Waals surface area contributed by atoms with Crippen LogP contribution in [0, 0.1) is 11.3 Å². The first-order chi connectivity index (χ1) is 10.1. The Morgan fingerprint density at radius 2 is 2.10 bits per heavy atom. The summed E-state index contributed by atoms with van der Waals surface area (Å²) >= 11 is 3.28. The lowest BCUT2D eigenvalue weighted by atomic mass is 10.2. The largest absolute Gasteiger partial charge is 0.383 e. The third kappa shape index (κ3) is 3.58. The van der Waals surface area contributed by atoms with Crippen LogP contribution in [0.2, 0.25) is 0 Å². The summed E-state index contributed by atoms with van der Waals surface area (Å²) in [5.41, 5.74) is 6.82. The van der Waals surface area contributed by atoms with Crippen molar-refractivity contribution in [2.75, 3.05) is 17.2 Å². The number of para-hydroxylation sites is 1. The Kier molecular flexibility index (Phi) is 4.90. The van der Waals surface area contributed by atoms with Gasteiger partial charge in [0.2, 0.25) is 0 Å². The molecule has 0 saturated carbocycles. The number of nitrogens with zero attached hydrogens (tertiary/aromatic N) is 3. The van der Waals surface area contributed by atoms with Crippen molar-refractivity contribution in [3.63, 3.8) is 0 Å². The Hall–Kier alpha value is -2.39. The third-order valence-corrected chi connectivity index (χ3v) is 3.31. The molecule has 1 aromatic heterocycles. The SMILES string of the molecule is N#CCCN(C(=O)c1cc(Br)cnc1N)c1ccccc1. The minimum atomic E-state index is -0.275. The van der Waals surface area contributed by atoms with Gasteiger partial charge in [-0.2, -0.15) is 5.26 Å². The molecule has 21 heavy (non-hydrogen) atoms. The molecule has 2 N–H and O–H groups in total. The van der Waals surface area contributed by atoms with Gasteiger partial charge >= 0.3 is 0 Å². The smallest absolute Gasteiger partial charge is 0.262 e. The Morgan fingerprint density at radius 3 is 2.76 bits per heavy atom. The molecule has 0 spiro atoms. The molecule has 0 fully saturated rings. The molecule has 1 heterocycles. The number of pyridine rings is 1. The van der Waals surface area contributed by atoms with Gasteiger partial charge in [0, 0.05) is 22.9 Å². The molecular weight excluding hydrogens is 332 g/mol. The first-order valence-electron chi connectivity index (χ1n) is 6.28. The van der Waals surface area contributed by atoms with E-state index >= 15 is 0 Å². The van der Waals surface area contributed by atoms with Crippen LogP contribution in [0.15, 0.2) is 47.1 Å². The molecule has 0 aliphatic heterocycles. The summed E-state index contributed by atoms with van der Waals surface area (Å²) in [5.74, 6) is -0.108. The summed E-state index contributed by atoms with van der Waals surface area (Å²) in [5, 5.41) is 8.78. The summed E-state index contributed by atoms with van der Waals surface area (Å²) in [7, 11) is 0. The van der Waals surface area contributed by atoms with E-state index < -0.39 is 0 Å². The van der Waals surface area contributed by atoms with Gasteiger partial charge < -0.3 is 10.6 Å². The predicted molar refractivity (Wildman–Crippen MR) is 84.7 cm³/mol. The van der Waals surface area contributed by atoms with E-state index in [-0.39, 0.29) is 18.1 Å². The molecule has 0 radical (unpaired) electrons. The van der Waals surface area contributed by atoms with Crippen molar-refractivity contribution in [1.82, 2.24) is 4.98 Å². The van der Waals surface area contributed by atoms with E-state index in [2.05, 4.69) is 27.0 Å². The Bertz CT molecular complexity index is 682. The second-order valence-corrected chi connectivity index (χ2v) is 5.20. The molecule has 0 unspecified atom stereocenters. The first-order valence-corrected chi connectivity index (χ1v) is 7.07. The van der Waals surface area contributed by atoms with Crippen LogP contribution in [0.4, 0.5) is 11.5 Å². The molecule has 0 saturated heterocycles. The number of benzene rings is 1. The average molecular weight is 345 g/mol. The van der Waals surface area contributed by atoms with E-state index in [1.54, 1.807) is 6.07 Å². The fourth-order valence-corrected chi connectivity index (χ4v) is 2.22. The van der Waals surface area contributed by atoms with E-state index in [4.69, 9.17) is 11.0 Å². The molecule has 106 valence electrons. The number of aromatic nitrogens is 1. The number of halogens is 1. The number of anilines is 2. The number of nitrogen functional groups attached to an aromatic ring is 1. The number of amides is 1. The van der Waals surface area contributed by atoms with Crippen molar-refractivity contribution >= 4 is 33.3 Å². The molecule has 2 aromatic rings. The van der Waals surface area contributed by atoms with E-state index in [0.717, 1.165) is 5.69 Å². The van der Waals surface area contributed by atoms with Gasteiger partial charge in [0.25, 0.3) is 5.91 Å². The normalized spacial score (nSPS) is 9.90. The van der Waals surface area contributed by atoms with Gasteiger partial charge in [-0.1, -0.05) is 18.2 Å². The lowest BCUT2D eigenvalue weighted by Crippen LogP contribution is -2.32. The van der Waals surface area contributed by atoms with Gasteiger partial charge in [0.1, 0.15) is 5.82 Å². The third-order valence-electron chi connectivity index (χ3n) is 2.88. The van der Waals surface area contributed by atoms with Crippen molar-refractivity contribution in [3.05, 3.63) is 52.6 Å². The lowest BCUT2D eigenvalue weighted by Gasteiger charge is -2.22. The van der Waals surface area contributed by atoms with E-state index in [1.807, 2.05) is 30.3 Å². The second-order valence-electron chi connectivity index (χ2n) is 4.29. The Morgan fingerprint density at radius 1 is 1.38 bits per heavy atom. The molecule has 1 aromatic carbocycles. The molecule has 2 rings (SSSR count). The standard InChI is InChI=1S/C15H13BrN4O/c16-11-9-13(14(18)19-10-11)15(21)20(8-4-7-17)12-5-2-1-3-6-12/h1-3,5-6,9-10H,4,8H2,(H2,18,19). The zero-order chi connectivity index (χ0) is 15.2. The predicted octanol–water partition coefficient (Wildman–Crippen LogP) is 2.99. The summed E-state index contributed by atoms with van der Waals surface area (Å²) in [6.07, 6.45) is 1.77. The highest BCUT2D eigenvalue weighted by Gasteiger charge is 2.20. The van der Waals surface area contributed by atoms with Gasteiger partial charge in [-0.05, 0) is 34.1 Å². The van der Waals surface area contributed by atoms with Crippen LogP contribution >= 0.6 is 15.9 Å². The fraction of sp³-hybridized carbons (Fsp3) is 0.133. The van der Waals surface area contributed by atoms with Gasteiger partial charge in [-0.25, -0.2) is 4.98 Å². The molecule has 5 nitrogen and oxygen atoms in total. The highest BCUT2D eigenvalue weighted by atomic mass is 79.9. The van der Waals surface area contributed by atoms with Gasteiger partial charge in [-0.3, -0.25) is 4.79 Å². The molecule has 0 aliphatic rings. The maximum absolute atomic E-state index is 12.7. The first kappa shape index (κ1) is 15.0. The van der Waals surface area contributed by atoms with Crippen LogP contribution in [-0.2, 0) is 0 Å². The number of nitrogens with two attached hydrogens (primary N) is 1. The van der Waals surface area contributed by atoms with Crippen molar-refractivity contribution in [3.8, 4) is 6.07 Å². The van der Waals surface area contributed by atoms with Gasteiger partial charge in [-0.15, -0.1) is 0 Å². The zero-order valence-electron chi connectivity index (χ0n) is 11.2. The molecule has 0 aliphatic carbocycles. The van der Waals surface area contributed by atoms with Crippen molar-refractivity contribution in [2.45, 2.75) is 6.42 Å². The maximum Gasteiger partial charge on any atom is 0.262 e. The van der Waals surface area contributed by atoms with Crippen LogP contribution in [0.1, 0.15) is 16.8 Å². The maximum atomic E-state index is 12.7. The molecule has 0 bridgehead atoms.